The Hall–Kier alpha value is -1.46. The van der Waals surface area contributed by atoms with E-state index in [9.17, 15) is 4.79 Å². The van der Waals surface area contributed by atoms with Gasteiger partial charge in [0.1, 0.15) is 6.61 Å². The lowest BCUT2D eigenvalue weighted by Crippen LogP contribution is -2.53. The molecule has 1 amide bonds. The minimum atomic E-state index is 0.138. The molecule has 0 atom stereocenters. The molecular formula is C18H27N3O2. The van der Waals surface area contributed by atoms with Gasteiger partial charge in [0.25, 0.3) is 0 Å². The maximum absolute atomic E-state index is 12.1. The number of nitrogens with zero attached hydrogens (tertiary/aromatic N) is 3. The Balaban J connectivity index is 1.58. The average Bonchev–Trinajstić information content (AvgIpc) is 2.96. The topological polar surface area (TPSA) is 45.7 Å². The van der Waals surface area contributed by atoms with Gasteiger partial charge in [0.15, 0.2) is 0 Å². The van der Waals surface area contributed by atoms with Crippen molar-refractivity contribution in [2.75, 3.05) is 32.8 Å². The van der Waals surface area contributed by atoms with Gasteiger partial charge in [0.05, 0.1) is 0 Å². The van der Waals surface area contributed by atoms with E-state index in [1.807, 2.05) is 30.3 Å². The first kappa shape index (κ1) is 16.4. The zero-order valence-corrected chi connectivity index (χ0v) is 14.0. The summed E-state index contributed by atoms with van der Waals surface area (Å²) in [5, 5.41) is 0. The van der Waals surface area contributed by atoms with Gasteiger partial charge in [-0.1, -0.05) is 6.07 Å². The highest BCUT2D eigenvalue weighted by molar-refractivity contribution is 5.77. The van der Waals surface area contributed by atoms with Gasteiger partial charge in [-0.3, -0.25) is 14.7 Å². The molecule has 2 fully saturated rings. The molecule has 1 spiro atoms. The van der Waals surface area contributed by atoms with E-state index in [2.05, 4.69) is 16.0 Å². The van der Waals surface area contributed by atoms with Crippen LogP contribution in [0.4, 0.5) is 0 Å². The smallest absolute Gasteiger partial charge is 0.248 e. The van der Waals surface area contributed by atoms with Crippen molar-refractivity contribution in [2.45, 2.75) is 44.7 Å². The van der Waals surface area contributed by atoms with Crippen molar-refractivity contribution < 1.29 is 9.53 Å². The van der Waals surface area contributed by atoms with E-state index in [0.29, 0.717) is 6.61 Å². The number of amides is 1. The van der Waals surface area contributed by atoms with Gasteiger partial charge in [-0.25, -0.2) is 0 Å². The number of likely N-dealkylation sites (tertiary alicyclic amines) is 2. The molecule has 0 bridgehead atoms. The molecule has 5 heteroatoms. The van der Waals surface area contributed by atoms with Crippen molar-refractivity contribution in [3.05, 3.63) is 30.1 Å². The number of pyridine rings is 1. The molecule has 0 aliphatic carbocycles. The highest BCUT2D eigenvalue weighted by atomic mass is 16.5. The van der Waals surface area contributed by atoms with E-state index in [1.54, 1.807) is 0 Å². The van der Waals surface area contributed by atoms with Gasteiger partial charge in [-0.2, -0.15) is 0 Å². The predicted molar refractivity (Wildman–Crippen MR) is 88.9 cm³/mol. The quantitative estimate of drug-likeness (QED) is 0.834. The standard InChI is InChI=1S/C18H27N3O2/c1-2-23-15-17(22)20-11-7-18(8-12-20)6-4-10-21(18)14-16-5-3-9-19-13-16/h3,5,9,13H,2,4,6-8,10-12,14-15H2,1H3. The summed E-state index contributed by atoms with van der Waals surface area (Å²) in [6.45, 7) is 6.59. The van der Waals surface area contributed by atoms with Gasteiger partial charge in [-0.05, 0) is 50.8 Å². The zero-order chi connectivity index (χ0) is 16.1. The molecule has 0 unspecified atom stereocenters. The molecule has 0 aromatic carbocycles. The van der Waals surface area contributed by atoms with Crippen molar-refractivity contribution in [3.8, 4) is 0 Å². The van der Waals surface area contributed by atoms with E-state index in [0.717, 1.165) is 39.0 Å². The first-order chi connectivity index (χ1) is 11.2. The summed E-state index contributed by atoms with van der Waals surface area (Å²) < 4.78 is 5.26. The van der Waals surface area contributed by atoms with Crippen LogP contribution in [-0.4, -0.2) is 59.1 Å². The number of hydrogen-bond donors (Lipinski definition) is 0. The number of aromatic nitrogens is 1. The van der Waals surface area contributed by atoms with Gasteiger partial charge in [0, 0.05) is 44.2 Å². The monoisotopic (exact) mass is 317 g/mol. The van der Waals surface area contributed by atoms with Crippen molar-refractivity contribution in [1.29, 1.82) is 0 Å². The first-order valence-corrected chi connectivity index (χ1v) is 8.73. The summed E-state index contributed by atoms with van der Waals surface area (Å²) >= 11 is 0. The molecule has 2 saturated heterocycles. The van der Waals surface area contributed by atoms with Crippen molar-refractivity contribution >= 4 is 5.91 Å². The van der Waals surface area contributed by atoms with E-state index < -0.39 is 0 Å². The molecule has 2 aliphatic heterocycles. The fraction of sp³-hybridized carbons (Fsp3) is 0.667. The average molecular weight is 317 g/mol. The fourth-order valence-corrected chi connectivity index (χ4v) is 3.97. The predicted octanol–water partition coefficient (Wildman–Crippen LogP) is 2.08. The number of rotatable bonds is 5. The Bertz CT molecular complexity index is 512. The maximum Gasteiger partial charge on any atom is 0.248 e. The summed E-state index contributed by atoms with van der Waals surface area (Å²) in [6, 6.07) is 4.16. The molecule has 23 heavy (non-hydrogen) atoms. The maximum atomic E-state index is 12.1. The van der Waals surface area contributed by atoms with Crippen LogP contribution in [0.5, 0.6) is 0 Å². The van der Waals surface area contributed by atoms with Gasteiger partial charge < -0.3 is 9.64 Å². The van der Waals surface area contributed by atoms with E-state index in [1.165, 1.54) is 18.4 Å². The van der Waals surface area contributed by atoms with Crippen LogP contribution in [0.25, 0.3) is 0 Å². The third-order valence-corrected chi connectivity index (χ3v) is 5.31. The van der Waals surface area contributed by atoms with Crippen LogP contribution in [-0.2, 0) is 16.1 Å². The molecule has 5 nitrogen and oxygen atoms in total. The third kappa shape index (κ3) is 3.72. The number of ether oxygens (including phenoxy) is 1. The van der Waals surface area contributed by atoms with Crippen LogP contribution in [0.2, 0.25) is 0 Å². The van der Waals surface area contributed by atoms with Crippen LogP contribution >= 0.6 is 0 Å². The Labute approximate surface area is 138 Å². The minimum absolute atomic E-state index is 0.138. The fourth-order valence-electron chi connectivity index (χ4n) is 3.97. The molecule has 126 valence electrons. The molecule has 0 saturated carbocycles. The SMILES string of the molecule is CCOCC(=O)N1CCC2(CCCN2Cc2cccnc2)CC1. The normalized spacial score (nSPS) is 21.0. The number of hydrogen-bond acceptors (Lipinski definition) is 4. The first-order valence-electron chi connectivity index (χ1n) is 8.73. The summed E-state index contributed by atoms with van der Waals surface area (Å²) in [4.78, 5) is 20.9. The summed E-state index contributed by atoms with van der Waals surface area (Å²) in [5.41, 5.74) is 1.56. The molecule has 1 aromatic rings. The van der Waals surface area contributed by atoms with Crippen LogP contribution in [0.3, 0.4) is 0 Å². The van der Waals surface area contributed by atoms with Crippen molar-refractivity contribution in [1.82, 2.24) is 14.8 Å². The van der Waals surface area contributed by atoms with Gasteiger partial charge >= 0.3 is 0 Å². The lowest BCUT2D eigenvalue weighted by Gasteiger charge is -2.45. The lowest BCUT2D eigenvalue weighted by molar-refractivity contribution is -0.138. The second-order valence-electron chi connectivity index (χ2n) is 6.63. The summed E-state index contributed by atoms with van der Waals surface area (Å²) in [7, 11) is 0. The van der Waals surface area contributed by atoms with Crippen LogP contribution in [0.1, 0.15) is 38.2 Å². The highest BCUT2D eigenvalue weighted by Crippen LogP contribution is 2.39. The Kier molecular flexibility index (Phi) is 5.28. The molecule has 2 aliphatic rings. The lowest BCUT2D eigenvalue weighted by atomic mass is 9.84. The van der Waals surface area contributed by atoms with E-state index in [-0.39, 0.29) is 18.1 Å². The van der Waals surface area contributed by atoms with Crippen molar-refractivity contribution in [2.24, 2.45) is 0 Å². The summed E-state index contributed by atoms with van der Waals surface area (Å²) in [5.74, 6) is 0.138. The van der Waals surface area contributed by atoms with E-state index >= 15 is 0 Å². The largest absolute Gasteiger partial charge is 0.372 e. The highest BCUT2D eigenvalue weighted by Gasteiger charge is 2.43. The molecule has 0 N–H and O–H groups in total. The number of carbonyl (C=O) groups excluding carboxylic acids is 1. The molecule has 1 aromatic heterocycles. The Morgan fingerprint density at radius 3 is 2.83 bits per heavy atom. The molecular weight excluding hydrogens is 290 g/mol. The Morgan fingerprint density at radius 2 is 2.13 bits per heavy atom. The molecule has 0 radical (unpaired) electrons. The van der Waals surface area contributed by atoms with E-state index in [4.69, 9.17) is 4.74 Å². The number of piperidine rings is 1. The van der Waals surface area contributed by atoms with Gasteiger partial charge in [-0.15, -0.1) is 0 Å². The van der Waals surface area contributed by atoms with Crippen molar-refractivity contribution in [3.63, 3.8) is 0 Å². The van der Waals surface area contributed by atoms with Gasteiger partial charge in [0.2, 0.25) is 5.91 Å². The third-order valence-electron chi connectivity index (χ3n) is 5.31. The second kappa shape index (κ2) is 7.41. The number of carbonyl (C=O) groups is 1. The second-order valence-corrected chi connectivity index (χ2v) is 6.63. The van der Waals surface area contributed by atoms with Crippen LogP contribution in [0, 0.1) is 0 Å². The molecule has 3 heterocycles. The Morgan fingerprint density at radius 1 is 1.30 bits per heavy atom. The zero-order valence-electron chi connectivity index (χ0n) is 14.0. The van der Waals surface area contributed by atoms with Crippen LogP contribution in [0.15, 0.2) is 24.5 Å². The minimum Gasteiger partial charge on any atom is -0.372 e. The summed E-state index contributed by atoms with van der Waals surface area (Å²) in [6.07, 6.45) is 8.45. The van der Waals surface area contributed by atoms with Crippen LogP contribution < -0.4 is 0 Å². The molecule has 3 rings (SSSR count).